The van der Waals surface area contributed by atoms with Crippen molar-refractivity contribution in [3.8, 4) is 11.1 Å². The minimum atomic E-state index is 0.960. The van der Waals surface area contributed by atoms with Gasteiger partial charge in [0, 0.05) is 32.0 Å². The molecule has 1 aliphatic heterocycles. The number of hydrogen-bond acceptors (Lipinski definition) is 3. The Morgan fingerprint density at radius 3 is 2.29 bits per heavy atom. The molecule has 182 valence electrons. The fourth-order valence-corrected chi connectivity index (χ4v) is 4.08. The Hall–Kier alpha value is -3.79. The molecular weight excluding hydrogens is 428 g/mol. The van der Waals surface area contributed by atoms with Crippen LogP contribution >= 0.6 is 0 Å². The molecule has 35 heavy (non-hydrogen) atoms. The van der Waals surface area contributed by atoms with Gasteiger partial charge in [-0.15, -0.1) is 6.58 Å². The molecule has 0 aliphatic carbocycles. The molecule has 3 heterocycles. The third-order valence-corrected chi connectivity index (χ3v) is 5.96. The first-order valence-corrected chi connectivity index (χ1v) is 12.4. The van der Waals surface area contributed by atoms with E-state index in [1.54, 1.807) is 6.08 Å². The third kappa shape index (κ3) is 7.10. The van der Waals surface area contributed by atoms with E-state index in [0.29, 0.717) is 0 Å². The first kappa shape index (κ1) is 25.8. The Morgan fingerprint density at radius 2 is 1.66 bits per heavy atom. The summed E-state index contributed by atoms with van der Waals surface area (Å²) in [5.41, 5.74) is 7.93. The Balaban J connectivity index is 0.000000288. The Kier molecular flexibility index (Phi) is 9.73. The number of likely N-dealkylation sites (tertiary alicyclic amines) is 1. The number of piperidine rings is 1. The molecule has 0 atom stereocenters. The van der Waals surface area contributed by atoms with Gasteiger partial charge in [-0.25, -0.2) is 4.98 Å². The van der Waals surface area contributed by atoms with Crippen molar-refractivity contribution < 1.29 is 0 Å². The minimum absolute atomic E-state index is 0.960. The zero-order chi connectivity index (χ0) is 25.0. The summed E-state index contributed by atoms with van der Waals surface area (Å²) in [6.45, 7) is 13.9. The second kappa shape index (κ2) is 13.2. The van der Waals surface area contributed by atoms with Gasteiger partial charge >= 0.3 is 0 Å². The van der Waals surface area contributed by atoms with Crippen LogP contribution in [0.5, 0.6) is 0 Å². The molecule has 1 aliphatic rings. The van der Waals surface area contributed by atoms with Gasteiger partial charge < -0.3 is 10.2 Å². The highest BCUT2D eigenvalue weighted by Gasteiger charge is 2.16. The van der Waals surface area contributed by atoms with Crippen molar-refractivity contribution in [2.45, 2.75) is 33.1 Å². The zero-order valence-electron chi connectivity index (χ0n) is 21.4. The molecule has 0 spiro atoms. The third-order valence-electron chi connectivity index (χ3n) is 5.96. The number of pyridine rings is 1. The number of benzene rings is 2. The molecule has 0 bridgehead atoms. The number of fused-ring (bicyclic) bond motifs is 1. The molecule has 4 aromatic rings. The number of aryl methyl sites for hydroxylation is 1. The Morgan fingerprint density at radius 1 is 0.943 bits per heavy atom. The van der Waals surface area contributed by atoms with Gasteiger partial charge in [-0.05, 0) is 68.5 Å². The summed E-state index contributed by atoms with van der Waals surface area (Å²) in [6.07, 6.45) is 9.68. The van der Waals surface area contributed by atoms with E-state index in [-0.39, 0.29) is 0 Å². The summed E-state index contributed by atoms with van der Waals surface area (Å²) in [7, 11) is 1.94. The molecule has 4 nitrogen and oxygen atoms in total. The molecule has 0 radical (unpaired) electrons. The van der Waals surface area contributed by atoms with E-state index in [1.165, 1.54) is 36.0 Å². The van der Waals surface area contributed by atoms with Crippen LogP contribution in [0.15, 0.2) is 98.4 Å². The fourth-order valence-electron chi connectivity index (χ4n) is 4.08. The standard InChI is InChI=1S/C21H24N4.C7H8.C3H6/c1-16(24-11-4-3-5-12-24)20-14-23-21-10-9-18(15-25(20)21)17-7-6-8-19(13-17)22-2;1-7-5-3-2-4-6-7;1-3-2/h6-10,13-15,22H,1,3-5,11-12H2,2H3;2-6H,1H3;3H,1H2,2H3. The summed E-state index contributed by atoms with van der Waals surface area (Å²) >= 11 is 0. The monoisotopic (exact) mass is 466 g/mol. The van der Waals surface area contributed by atoms with Crippen LogP contribution in [0.3, 0.4) is 0 Å². The summed E-state index contributed by atoms with van der Waals surface area (Å²) in [6, 6.07) is 22.9. The van der Waals surface area contributed by atoms with Crippen LogP contribution in [-0.4, -0.2) is 34.4 Å². The van der Waals surface area contributed by atoms with Crippen LogP contribution in [0.4, 0.5) is 5.69 Å². The number of imidazole rings is 1. The Labute approximate surface area is 210 Å². The average Bonchev–Trinajstić information content (AvgIpc) is 3.33. The van der Waals surface area contributed by atoms with Crippen molar-refractivity contribution in [2.75, 3.05) is 25.5 Å². The number of nitrogens with zero attached hydrogens (tertiary/aromatic N) is 3. The molecule has 5 rings (SSSR count). The highest BCUT2D eigenvalue weighted by Crippen LogP contribution is 2.27. The molecule has 1 saturated heterocycles. The topological polar surface area (TPSA) is 32.6 Å². The predicted octanol–water partition coefficient (Wildman–Crippen LogP) is 7.69. The molecule has 2 aromatic carbocycles. The number of nitrogens with one attached hydrogen (secondary N) is 1. The van der Waals surface area contributed by atoms with Gasteiger partial charge in [-0.1, -0.05) is 60.7 Å². The van der Waals surface area contributed by atoms with Crippen molar-refractivity contribution in [1.82, 2.24) is 14.3 Å². The van der Waals surface area contributed by atoms with E-state index >= 15 is 0 Å². The maximum atomic E-state index is 4.57. The van der Waals surface area contributed by atoms with E-state index in [2.05, 4.69) is 94.4 Å². The van der Waals surface area contributed by atoms with Gasteiger partial charge in [0.25, 0.3) is 0 Å². The first-order chi connectivity index (χ1) is 17.1. The Bertz CT molecular complexity index is 1220. The second-order valence-corrected chi connectivity index (χ2v) is 8.68. The highest BCUT2D eigenvalue weighted by atomic mass is 15.2. The van der Waals surface area contributed by atoms with Crippen LogP contribution in [0.25, 0.3) is 22.5 Å². The smallest absolute Gasteiger partial charge is 0.137 e. The molecular formula is C31H38N4. The normalized spacial score (nSPS) is 12.6. The molecule has 1 fully saturated rings. The average molecular weight is 467 g/mol. The molecule has 0 amide bonds. The second-order valence-electron chi connectivity index (χ2n) is 8.68. The van der Waals surface area contributed by atoms with E-state index in [4.69, 9.17) is 0 Å². The largest absolute Gasteiger partial charge is 0.388 e. The van der Waals surface area contributed by atoms with Crippen molar-refractivity contribution in [3.63, 3.8) is 0 Å². The quantitative estimate of drug-likeness (QED) is 0.313. The van der Waals surface area contributed by atoms with Crippen LogP contribution in [0.2, 0.25) is 0 Å². The lowest BCUT2D eigenvalue weighted by Crippen LogP contribution is -2.28. The van der Waals surface area contributed by atoms with Crippen LogP contribution in [0.1, 0.15) is 37.4 Å². The van der Waals surface area contributed by atoms with Crippen LogP contribution < -0.4 is 5.32 Å². The van der Waals surface area contributed by atoms with Crippen LogP contribution in [0, 0.1) is 6.92 Å². The lowest BCUT2D eigenvalue weighted by Gasteiger charge is -2.30. The van der Waals surface area contributed by atoms with Crippen molar-refractivity contribution in [3.05, 3.63) is 110 Å². The maximum absolute atomic E-state index is 4.57. The zero-order valence-corrected chi connectivity index (χ0v) is 21.4. The molecule has 0 saturated carbocycles. The van der Waals surface area contributed by atoms with Gasteiger partial charge in [-0.2, -0.15) is 0 Å². The van der Waals surface area contributed by atoms with E-state index in [9.17, 15) is 0 Å². The van der Waals surface area contributed by atoms with Gasteiger partial charge in [0.1, 0.15) is 5.65 Å². The lowest BCUT2D eigenvalue weighted by atomic mass is 10.1. The van der Waals surface area contributed by atoms with Gasteiger partial charge in [0.05, 0.1) is 17.6 Å². The minimum Gasteiger partial charge on any atom is -0.388 e. The first-order valence-electron chi connectivity index (χ1n) is 12.4. The summed E-state index contributed by atoms with van der Waals surface area (Å²) in [4.78, 5) is 6.96. The van der Waals surface area contributed by atoms with Gasteiger partial charge in [0.15, 0.2) is 0 Å². The number of hydrogen-bond donors (Lipinski definition) is 1. The molecule has 4 heteroatoms. The lowest BCUT2D eigenvalue weighted by molar-refractivity contribution is 0.325. The maximum Gasteiger partial charge on any atom is 0.137 e. The van der Waals surface area contributed by atoms with Crippen LogP contribution in [-0.2, 0) is 0 Å². The van der Waals surface area contributed by atoms with Gasteiger partial charge in [-0.3, -0.25) is 4.40 Å². The van der Waals surface area contributed by atoms with E-state index in [0.717, 1.165) is 35.8 Å². The molecule has 0 unspecified atom stereocenters. The van der Waals surface area contributed by atoms with E-state index < -0.39 is 0 Å². The summed E-state index contributed by atoms with van der Waals surface area (Å²) < 4.78 is 2.16. The molecule has 2 aromatic heterocycles. The van der Waals surface area contributed by atoms with Crippen molar-refractivity contribution in [1.29, 1.82) is 0 Å². The number of rotatable bonds is 4. The predicted molar refractivity (Wildman–Crippen MR) is 152 cm³/mol. The number of anilines is 1. The highest BCUT2D eigenvalue weighted by molar-refractivity contribution is 5.70. The molecule has 1 N–H and O–H groups in total. The van der Waals surface area contributed by atoms with Crippen molar-refractivity contribution >= 4 is 17.0 Å². The summed E-state index contributed by atoms with van der Waals surface area (Å²) in [5.74, 6) is 0. The van der Waals surface area contributed by atoms with E-state index in [1.807, 2.05) is 38.4 Å². The number of aromatic nitrogens is 2. The number of allylic oxidation sites excluding steroid dienone is 1. The SMILES string of the molecule is C=C(c1cnc2ccc(-c3cccc(NC)c3)cn12)N1CCCCC1.C=CC.Cc1ccccc1. The fraction of sp³-hybridized carbons (Fsp3) is 0.258. The summed E-state index contributed by atoms with van der Waals surface area (Å²) in [5, 5.41) is 3.20. The van der Waals surface area contributed by atoms with Crippen molar-refractivity contribution in [2.24, 2.45) is 0 Å². The van der Waals surface area contributed by atoms with Gasteiger partial charge in [0.2, 0.25) is 0 Å².